The van der Waals surface area contributed by atoms with Gasteiger partial charge in [-0.15, -0.1) is 5.10 Å². The largest absolute Gasteiger partial charge is 0.307 e. The maximum Gasteiger partial charge on any atom is 0.297 e. The molecule has 0 fully saturated rings. The number of hydrogen-bond donors (Lipinski definition) is 0. The van der Waals surface area contributed by atoms with Crippen LogP contribution in [0.4, 0.5) is 14.5 Å². The molecule has 0 spiro atoms. The molecule has 8 heteroatoms. The van der Waals surface area contributed by atoms with Crippen LogP contribution in [0.15, 0.2) is 48.8 Å². The van der Waals surface area contributed by atoms with E-state index in [0.29, 0.717) is 10.7 Å². The molecule has 0 aliphatic heterocycles. The molecule has 3 aromatic rings. The molecule has 0 N–H and O–H groups in total. The molecule has 1 aromatic heterocycles. The minimum Gasteiger partial charge on any atom is -0.307 e. The Balaban J connectivity index is 1.88. The minimum atomic E-state index is -1.01. The van der Waals surface area contributed by atoms with Gasteiger partial charge in [0.1, 0.15) is 6.33 Å². The van der Waals surface area contributed by atoms with E-state index in [4.69, 9.17) is 11.6 Å². The van der Waals surface area contributed by atoms with Gasteiger partial charge in [-0.25, -0.2) is 18.4 Å². The van der Waals surface area contributed by atoms with Crippen LogP contribution in [0.5, 0.6) is 0 Å². The van der Waals surface area contributed by atoms with Crippen molar-refractivity contribution in [2.45, 2.75) is 0 Å². The highest BCUT2D eigenvalue weighted by Crippen LogP contribution is 2.25. The number of hydrogen-bond acceptors (Lipinski definition) is 3. The second-order valence-electron chi connectivity index (χ2n) is 4.93. The summed E-state index contributed by atoms with van der Waals surface area (Å²) in [4.78, 5) is 17.7. The summed E-state index contributed by atoms with van der Waals surface area (Å²) < 4.78 is 27.5. The van der Waals surface area contributed by atoms with Gasteiger partial charge in [-0.1, -0.05) is 23.7 Å². The summed E-state index contributed by atoms with van der Waals surface area (Å²) >= 11 is 6.07. The van der Waals surface area contributed by atoms with Gasteiger partial charge in [-0.2, -0.15) is 0 Å². The lowest BCUT2D eigenvalue weighted by atomic mass is 10.3. The van der Waals surface area contributed by atoms with Gasteiger partial charge in [0.15, 0.2) is 11.6 Å². The third kappa shape index (κ3) is 2.98. The number of amides is 1. The zero-order valence-electron chi connectivity index (χ0n) is 12.4. The van der Waals surface area contributed by atoms with E-state index >= 15 is 0 Å². The zero-order chi connectivity index (χ0) is 17.3. The first-order valence-electron chi connectivity index (χ1n) is 6.87. The fraction of sp³-hybridized carbons (Fsp3) is 0.0625. The van der Waals surface area contributed by atoms with Crippen molar-refractivity contribution in [2.75, 3.05) is 11.9 Å². The minimum absolute atomic E-state index is 0.0952. The number of anilines is 1. The van der Waals surface area contributed by atoms with Gasteiger partial charge in [-0.05, 0) is 24.3 Å². The number of carbonyl (C=O) groups excluding carboxylic acids is 1. The molecule has 0 aliphatic rings. The Morgan fingerprint density at radius 1 is 1.17 bits per heavy atom. The Morgan fingerprint density at radius 2 is 1.92 bits per heavy atom. The van der Waals surface area contributed by atoms with Crippen molar-refractivity contribution >= 4 is 23.2 Å². The summed E-state index contributed by atoms with van der Waals surface area (Å²) in [5.74, 6) is -2.55. The molecule has 0 saturated carbocycles. The van der Waals surface area contributed by atoms with Crippen LogP contribution in [0, 0.1) is 11.6 Å². The van der Waals surface area contributed by atoms with Crippen molar-refractivity contribution in [3.05, 3.63) is 71.3 Å². The third-order valence-corrected chi connectivity index (χ3v) is 3.69. The maximum absolute atomic E-state index is 13.3. The maximum atomic E-state index is 13.3. The second kappa shape index (κ2) is 6.37. The van der Waals surface area contributed by atoms with Gasteiger partial charge in [0, 0.05) is 13.1 Å². The van der Waals surface area contributed by atoms with E-state index in [1.54, 1.807) is 31.3 Å². The van der Waals surface area contributed by atoms with Gasteiger partial charge in [0.2, 0.25) is 5.82 Å². The van der Waals surface area contributed by atoms with Gasteiger partial charge in [-0.3, -0.25) is 4.79 Å². The molecule has 0 atom stereocenters. The number of carbonyl (C=O) groups is 1. The first kappa shape index (κ1) is 16.1. The first-order chi connectivity index (χ1) is 11.5. The molecule has 1 heterocycles. The number of rotatable bonds is 3. The molecular weight excluding hydrogens is 338 g/mol. The summed E-state index contributed by atoms with van der Waals surface area (Å²) in [5.41, 5.74) is 0.759. The summed E-state index contributed by atoms with van der Waals surface area (Å²) in [6, 6.07) is 10.1. The molecular formula is C16H11ClF2N4O. The smallest absolute Gasteiger partial charge is 0.297 e. The van der Waals surface area contributed by atoms with E-state index in [1.165, 1.54) is 22.0 Å². The number of benzene rings is 2. The van der Waals surface area contributed by atoms with Crippen molar-refractivity contribution in [1.82, 2.24) is 14.8 Å². The molecule has 0 saturated heterocycles. The second-order valence-corrected chi connectivity index (χ2v) is 5.33. The van der Waals surface area contributed by atoms with Crippen LogP contribution in [-0.4, -0.2) is 27.7 Å². The van der Waals surface area contributed by atoms with Crippen LogP contribution in [-0.2, 0) is 0 Å². The first-order valence-corrected chi connectivity index (χ1v) is 7.25. The number of nitrogens with zero attached hydrogens (tertiary/aromatic N) is 4. The van der Waals surface area contributed by atoms with E-state index in [0.717, 1.165) is 12.1 Å². The Labute approximate surface area is 141 Å². The lowest BCUT2D eigenvalue weighted by Gasteiger charge is -2.16. The quantitative estimate of drug-likeness (QED) is 0.728. The number of para-hydroxylation sites is 1. The van der Waals surface area contributed by atoms with Crippen molar-refractivity contribution < 1.29 is 13.6 Å². The van der Waals surface area contributed by atoms with Crippen LogP contribution >= 0.6 is 11.6 Å². The zero-order valence-corrected chi connectivity index (χ0v) is 13.2. The van der Waals surface area contributed by atoms with Crippen molar-refractivity contribution in [1.29, 1.82) is 0 Å². The molecule has 122 valence electrons. The molecule has 0 radical (unpaired) electrons. The summed E-state index contributed by atoms with van der Waals surface area (Å²) in [7, 11) is 1.54. The van der Waals surface area contributed by atoms with Crippen LogP contribution in [0.3, 0.4) is 0 Å². The van der Waals surface area contributed by atoms with E-state index in [1.807, 2.05) is 0 Å². The molecule has 1 amide bonds. The Kier molecular flexibility index (Phi) is 4.26. The lowest BCUT2D eigenvalue weighted by molar-refractivity contribution is 0.0983. The topological polar surface area (TPSA) is 51.0 Å². The SMILES string of the molecule is CN(C(=O)c1ncn(-c2ccc(F)c(F)c2)n1)c1ccccc1Cl. The highest BCUT2D eigenvalue weighted by molar-refractivity contribution is 6.34. The molecule has 0 unspecified atom stereocenters. The van der Waals surface area contributed by atoms with Crippen molar-refractivity contribution in [2.24, 2.45) is 0 Å². The summed E-state index contributed by atoms with van der Waals surface area (Å²) in [6.45, 7) is 0. The summed E-state index contributed by atoms with van der Waals surface area (Å²) in [6.07, 6.45) is 1.25. The normalized spacial score (nSPS) is 10.7. The third-order valence-electron chi connectivity index (χ3n) is 3.37. The van der Waals surface area contributed by atoms with Crippen LogP contribution < -0.4 is 4.90 Å². The predicted molar refractivity (Wildman–Crippen MR) is 85.5 cm³/mol. The molecule has 0 bridgehead atoms. The van der Waals surface area contributed by atoms with E-state index in [9.17, 15) is 13.6 Å². The van der Waals surface area contributed by atoms with Crippen molar-refractivity contribution in [3.8, 4) is 5.69 Å². The van der Waals surface area contributed by atoms with Gasteiger partial charge < -0.3 is 4.90 Å². The van der Waals surface area contributed by atoms with Crippen LogP contribution in [0.25, 0.3) is 5.69 Å². The van der Waals surface area contributed by atoms with Gasteiger partial charge in [0.25, 0.3) is 5.91 Å². The molecule has 24 heavy (non-hydrogen) atoms. The highest BCUT2D eigenvalue weighted by Gasteiger charge is 2.20. The van der Waals surface area contributed by atoms with Crippen LogP contribution in [0.2, 0.25) is 5.02 Å². The molecule has 5 nitrogen and oxygen atoms in total. The summed E-state index contributed by atoms with van der Waals surface area (Å²) in [5, 5.41) is 4.42. The fourth-order valence-corrected chi connectivity index (χ4v) is 2.36. The Morgan fingerprint density at radius 3 is 2.62 bits per heavy atom. The number of aromatic nitrogens is 3. The van der Waals surface area contributed by atoms with Crippen molar-refractivity contribution in [3.63, 3.8) is 0 Å². The monoisotopic (exact) mass is 348 g/mol. The average Bonchev–Trinajstić information content (AvgIpc) is 3.06. The average molecular weight is 349 g/mol. The van der Waals surface area contributed by atoms with Gasteiger partial charge >= 0.3 is 0 Å². The Hall–Kier alpha value is -2.80. The van der Waals surface area contributed by atoms with E-state index in [2.05, 4.69) is 10.1 Å². The standard InChI is InChI=1S/C16H11ClF2N4O/c1-22(14-5-3-2-4-11(14)17)16(24)15-20-9-23(21-15)10-6-7-12(18)13(19)8-10/h2-9H,1H3. The van der Waals surface area contributed by atoms with Gasteiger partial charge in [0.05, 0.1) is 16.4 Å². The molecule has 0 aliphatic carbocycles. The Bertz CT molecular complexity index is 913. The van der Waals surface area contributed by atoms with Crippen LogP contribution in [0.1, 0.15) is 10.6 Å². The lowest BCUT2D eigenvalue weighted by Crippen LogP contribution is -2.27. The fourth-order valence-electron chi connectivity index (χ4n) is 2.10. The molecule has 2 aromatic carbocycles. The predicted octanol–water partition coefficient (Wildman–Crippen LogP) is 3.48. The molecule has 3 rings (SSSR count). The number of halogens is 3. The van der Waals surface area contributed by atoms with E-state index < -0.39 is 17.5 Å². The highest BCUT2D eigenvalue weighted by atomic mass is 35.5. The van der Waals surface area contributed by atoms with E-state index in [-0.39, 0.29) is 11.5 Å².